The molecule has 0 radical (unpaired) electrons. The van der Waals surface area contributed by atoms with Gasteiger partial charge < -0.3 is 5.32 Å². The monoisotopic (exact) mass is 241 g/mol. The molecular formula is C12H19NO2S. The SMILES string of the molecule is CCNCC(C)c1ccc(S(C)(=O)=O)cc1. The summed E-state index contributed by atoms with van der Waals surface area (Å²) in [7, 11) is -3.08. The summed E-state index contributed by atoms with van der Waals surface area (Å²) in [6.45, 7) is 6.05. The molecule has 3 nitrogen and oxygen atoms in total. The first-order valence-electron chi connectivity index (χ1n) is 5.46. The van der Waals surface area contributed by atoms with Crippen molar-refractivity contribution in [3.05, 3.63) is 29.8 Å². The smallest absolute Gasteiger partial charge is 0.175 e. The zero-order valence-corrected chi connectivity index (χ0v) is 10.8. The van der Waals surface area contributed by atoms with Crippen molar-refractivity contribution in [3.63, 3.8) is 0 Å². The van der Waals surface area contributed by atoms with Gasteiger partial charge in [0.2, 0.25) is 0 Å². The lowest BCUT2D eigenvalue weighted by Crippen LogP contribution is -2.19. The van der Waals surface area contributed by atoms with E-state index in [1.807, 2.05) is 12.1 Å². The van der Waals surface area contributed by atoms with E-state index in [0.717, 1.165) is 18.7 Å². The molecule has 1 aromatic carbocycles. The molecule has 0 amide bonds. The average Bonchev–Trinajstić information content (AvgIpc) is 2.25. The number of rotatable bonds is 5. The summed E-state index contributed by atoms with van der Waals surface area (Å²) in [5, 5.41) is 3.27. The predicted octanol–water partition coefficient (Wildman–Crippen LogP) is 1.80. The molecule has 0 aromatic heterocycles. The Kier molecular flexibility index (Phi) is 4.50. The fourth-order valence-electron chi connectivity index (χ4n) is 1.52. The number of hydrogen-bond acceptors (Lipinski definition) is 3. The number of hydrogen-bond donors (Lipinski definition) is 1. The molecule has 0 aliphatic carbocycles. The van der Waals surface area contributed by atoms with E-state index in [-0.39, 0.29) is 0 Å². The van der Waals surface area contributed by atoms with Gasteiger partial charge in [-0.15, -0.1) is 0 Å². The second-order valence-corrected chi connectivity index (χ2v) is 6.07. The first-order valence-corrected chi connectivity index (χ1v) is 7.35. The van der Waals surface area contributed by atoms with Crippen molar-refractivity contribution in [1.29, 1.82) is 0 Å². The maximum atomic E-state index is 11.3. The number of nitrogens with one attached hydrogen (secondary N) is 1. The molecule has 16 heavy (non-hydrogen) atoms. The van der Waals surface area contributed by atoms with Crippen LogP contribution >= 0.6 is 0 Å². The molecule has 0 bridgehead atoms. The van der Waals surface area contributed by atoms with E-state index in [4.69, 9.17) is 0 Å². The first kappa shape index (κ1) is 13.2. The van der Waals surface area contributed by atoms with Crippen LogP contribution in [0.3, 0.4) is 0 Å². The van der Waals surface area contributed by atoms with Crippen LogP contribution in [-0.4, -0.2) is 27.8 Å². The number of sulfone groups is 1. The fraction of sp³-hybridized carbons (Fsp3) is 0.500. The van der Waals surface area contributed by atoms with Gasteiger partial charge in [-0.05, 0) is 30.2 Å². The zero-order valence-electron chi connectivity index (χ0n) is 10.0. The van der Waals surface area contributed by atoms with Crippen LogP contribution in [0.1, 0.15) is 25.3 Å². The standard InChI is InChI=1S/C12H19NO2S/c1-4-13-9-10(2)11-5-7-12(8-6-11)16(3,14)15/h5-8,10,13H,4,9H2,1-3H3. The summed E-state index contributed by atoms with van der Waals surface area (Å²) in [6.07, 6.45) is 1.23. The largest absolute Gasteiger partial charge is 0.316 e. The van der Waals surface area contributed by atoms with Gasteiger partial charge in [-0.3, -0.25) is 0 Å². The van der Waals surface area contributed by atoms with Gasteiger partial charge in [0.15, 0.2) is 9.84 Å². The summed E-state index contributed by atoms with van der Waals surface area (Å²) >= 11 is 0. The Morgan fingerprint density at radius 2 is 1.81 bits per heavy atom. The predicted molar refractivity (Wildman–Crippen MR) is 66.5 cm³/mol. The van der Waals surface area contributed by atoms with Crippen LogP contribution in [0.4, 0.5) is 0 Å². The molecule has 1 atom stereocenters. The minimum absolute atomic E-state index is 0.381. The van der Waals surface area contributed by atoms with E-state index < -0.39 is 9.84 Å². The third kappa shape index (κ3) is 3.61. The highest BCUT2D eigenvalue weighted by atomic mass is 32.2. The Morgan fingerprint density at radius 3 is 2.25 bits per heavy atom. The molecule has 4 heteroatoms. The summed E-state index contributed by atoms with van der Waals surface area (Å²) in [5.74, 6) is 0.397. The van der Waals surface area contributed by atoms with Crippen molar-refractivity contribution in [3.8, 4) is 0 Å². The molecule has 0 saturated heterocycles. The zero-order chi connectivity index (χ0) is 12.2. The molecule has 1 N–H and O–H groups in total. The highest BCUT2D eigenvalue weighted by Crippen LogP contribution is 2.17. The molecule has 0 aliphatic rings. The van der Waals surface area contributed by atoms with Crippen LogP contribution in [0.15, 0.2) is 29.2 Å². The van der Waals surface area contributed by atoms with E-state index >= 15 is 0 Å². The molecular weight excluding hydrogens is 222 g/mol. The quantitative estimate of drug-likeness (QED) is 0.855. The number of likely N-dealkylation sites (N-methyl/N-ethyl adjacent to an activating group) is 1. The lowest BCUT2D eigenvalue weighted by molar-refractivity contribution is 0.601. The minimum Gasteiger partial charge on any atom is -0.316 e. The van der Waals surface area contributed by atoms with Crippen LogP contribution in [0, 0.1) is 0 Å². The van der Waals surface area contributed by atoms with Gasteiger partial charge >= 0.3 is 0 Å². The van der Waals surface area contributed by atoms with E-state index in [1.165, 1.54) is 6.26 Å². The normalized spacial score (nSPS) is 13.7. The van der Waals surface area contributed by atoms with Crippen molar-refractivity contribution in [2.45, 2.75) is 24.7 Å². The van der Waals surface area contributed by atoms with Crippen molar-refractivity contribution in [2.75, 3.05) is 19.3 Å². The lowest BCUT2D eigenvalue weighted by Gasteiger charge is -2.12. The summed E-state index contributed by atoms with van der Waals surface area (Å²) in [6, 6.07) is 7.12. The van der Waals surface area contributed by atoms with Crippen LogP contribution in [0.5, 0.6) is 0 Å². The number of benzene rings is 1. The van der Waals surface area contributed by atoms with Crippen LogP contribution in [0.2, 0.25) is 0 Å². The molecule has 0 aliphatic heterocycles. The second-order valence-electron chi connectivity index (χ2n) is 4.05. The Labute approximate surface area is 97.8 Å². The van der Waals surface area contributed by atoms with Gasteiger partial charge in [0.1, 0.15) is 0 Å². The van der Waals surface area contributed by atoms with Gasteiger partial charge in [0.05, 0.1) is 4.90 Å². The summed E-state index contributed by atoms with van der Waals surface area (Å²) < 4.78 is 22.5. The average molecular weight is 241 g/mol. The lowest BCUT2D eigenvalue weighted by atomic mass is 10.0. The van der Waals surface area contributed by atoms with Gasteiger partial charge in [-0.1, -0.05) is 26.0 Å². The van der Waals surface area contributed by atoms with Crippen molar-refractivity contribution < 1.29 is 8.42 Å². The van der Waals surface area contributed by atoms with Crippen LogP contribution in [-0.2, 0) is 9.84 Å². The van der Waals surface area contributed by atoms with Crippen LogP contribution in [0.25, 0.3) is 0 Å². The Bertz CT molecular complexity index is 423. The highest BCUT2D eigenvalue weighted by molar-refractivity contribution is 7.90. The second kappa shape index (κ2) is 5.46. The maximum Gasteiger partial charge on any atom is 0.175 e. The summed E-state index contributed by atoms with van der Waals surface area (Å²) in [4.78, 5) is 0.381. The van der Waals surface area contributed by atoms with Gasteiger partial charge in [0, 0.05) is 12.8 Å². The Hall–Kier alpha value is -0.870. The van der Waals surface area contributed by atoms with E-state index in [2.05, 4.69) is 19.2 Å². The molecule has 0 saturated carbocycles. The summed E-state index contributed by atoms with van der Waals surface area (Å²) in [5.41, 5.74) is 1.16. The molecule has 0 spiro atoms. The Balaban J connectivity index is 2.79. The topological polar surface area (TPSA) is 46.2 Å². The van der Waals surface area contributed by atoms with Crippen molar-refractivity contribution >= 4 is 9.84 Å². The molecule has 0 fully saturated rings. The van der Waals surface area contributed by atoms with Crippen molar-refractivity contribution in [1.82, 2.24) is 5.32 Å². The van der Waals surface area contributed by atoms with E-state index in [9.17, 15) is 8.42 Å². The van der Waals surface area contributed by atoms with Gasteiger partial charge in [-0.2, -0.15) is 0 Å². The minimum atomic E-state index is -3.08. The van der Waals surface area contributed by atoms with Crippen molar-refractivity contribution in [2.24, 2.45) is 0 Å². The van der Waals surface area contributed by atoms with Gasteiger partial charge in [-0.25, -0.2) is 8.42 Å². The molecule has 0 heterocycles. The fourth-order valence-corrected chi connectivity index (χ4v) is 2.15. The molecule has 1 aromatic rings. The maximum absolute atomic E-state index is 11.3. The van der Waals surface area contributed by atoms with Gasteiger partial charge in [0.25, 0.3) is 0 Å². The Morgan fingerprint density at radius 1 is 1.25 bits per heavy atom. The third-order valence-corrected chi connectivity index (χ3v) is 3.71. The van der Waals surface area contributed by atoms with E-state index in [1.54, 1.807) is 12.1 Å². The molecule has 1 unspecified atom stereocenters. The first-order chi connectivity index (χ1) is 7.45. The van der Waals surface area contributed by atoms with Crippen LogP contribution < -0.4 is 5.32 Å². The highest BCUT2D eigenvalue weighted by Gasteiger charge is 2.08. The molecule has 90 valence electrons. The van der Waals surface area contributed by atoms with E-state index in [0.29, 0.717) is 10.8 Å². The molecule has 1 rings (SSSR count). The third-order valence-electron chi connectivity index (χ3n) is 2.58.